The third-order valence-corrected chi connectivity index (χ3v) is 3.71. The Kier molecular flexibility index (Phi) is 4.44. The average Bonchev–Trinajstić information content (AvgIpc) is 2.81. The normalized spacial score (nSPS) is 20.1. The number of carbonyl (C=O) groups excluding carboxylic acids is 2. The molecule has 1 heterocycles. The minimum absolute atomic E-state index is 0.0317. The molecule has 1 aliphatic heterocycles. The van der Waals surface area contributed by atoms with E-state index < -0.39 is 30.1 Å². The second kappa shape index (κ2) is 5.98. The van der Waals surface area contributed by atoms with Crippen molar-refractivity contribution in [3.05, 3.63) is 35.4 Å². The number of aryl methyl sites for hydroxylation is 1. The van der Waals surface area contributed by atoms with Crippen LogP contribution in [-0.2, 0) is 14.3 Å². The number of rotatable bonds is 3. The van der Waals surface area contributed by atoms with Crippen LogP contribution in [0, 0.1) is 6.92 Å². The molecule has 0 aromatic heterocycles. The molecule has 0 aliphatic carbocycles. The zero-order valence-corrected chi connectivity index (χ0v) is 12.2. The summed E-state index contributed by atoms with van der Waals surface area (Å²) in [6.45, 7) is 1.75. The Hall–Kier alpha value is -2.05. The third-order valence-electron chi connectivity index (χ3n) is 3.71. The van der Waals surface area contributed by atoms with Gasteiger partial charge in [0.1, 0.15) is 6.04 Å². The molecule has 1 amide bonds. The molecule has 120 valence electrons. The number of hydrogen-bond acceptors (Lipinski definition) is 3. The van der Waals surface area contributed by atoms with Crippen molar-refractivity contribution < 1.29 is 27.5 Å². The van der Waals surface area contributed by atoms with Gasteiger partial charge in [0.15, 0.2) is 6.04 Å². The quantitative estimate of drug-likeness (QED) is 0.806. The molecule has 0 bridgehead atoms. The molecule has 1 aliphatic rings. The Bertz CT molecular complexity index is 568. The van der Waals surface area contributed by atoms with E-state index in [0.29, 0.717) is 4.90 Å². The molecular formula is C15H16F3NO3. The molecule has 1 aromatic carbocycles. The summed E-state index contributed by atoms with van der Waals surface area (Å²) in [7, 11) is 1.10. The lowest BCUT2D eigenvalue weighted by atomic mass is 10.0. The maximum Gasteiger partial charge on any atom is 0.413 e. The number of benzene rings is 1. The molecule has 0 saturated carbocycles. The number of nitrogens with zero attached hydrogens (tertiary/aromatic N) is 1. The fraction of sp³-hybridized carbons (Fsp3) is 0.467. The molecular weight excluding hydrogens is 299 g/mol. The number of esters is 1. The van der Waals surface area contributed by atoms with Gasteiger partial charge in [-0.25, -0.2) is 4.79 Å². The summed E-state index contributed by atoms with van der Waals surface area (Å²) in [4.78, 5) is 24.3. The Morgan fingerprint density at radius 2 is 1.91 bits per heavy atom. The smallest absolute Gasteiger partial charge is 0.413 e. The van der Waals surface area contributed by atoms with E-state index >= 15 is 0 Å². The number of methoxy groups -OCH3 is 1. The number of ether oxygens (including phenoxy) is 1. The highest BCUT2D eigenvalue weighted by Gasteiger charge is 2.52. The van der Waals surface area contributed by atoms with Crippen LogP contribution in [0.4, 0.5) is 13.2 Å². The van der Waals surface area contributed by atoms with Crippen LogP contribution in [-0.4, -0.2) is 36.1 Å². The Morgan fingerprint density at radius 1 is 1.32 bits per heavy atom. The molecule has 2 atom stereocenters. The Morgan fingerprint density at radius 3 is 2.41 bits per heavy atom. The second-order valence-electron chi connectivity index (χ2n) is 5.23. The molecule has 22 heavy (non-hydrogen) atoms. The maximum atomic E-state index is 13.5. The zero-order valence-electron chi connectivity index (χ0n) is 12.2. The first-order valence-corrected chi connectivity index (χ1v) is 6.78. The lowest BCUT2D eigenvalue weighted by molar-refractivity contribution is -0.196. The van der Waals surface area contributed by atoms with E-state index in [9.17, 15) is 22.8 Å². The Balaban J connectivity index is 2.46. The molecule has 4 nitrogen and oxygen atoms in total. The molecule has 7 heteroatoms. The lowest BCUT2D eigenvalue weighted by Crippen LogP contribution is -2.47. The first kappa shape index (κ1) is 16.3. The van der Waals surface area contributed by atoms with Crippen molar-refractivity contribution in [2.24, 2.45) is 0 Å². The van der Waals surface area contributed by atoms with Gasteiger partial charge in [0.25, 0.3) is 0 Å². The van der Waals surface area contributed by atoms with Crippen molar-refractivity contribution in [3.63, 3.8) is 0 Å². The van der Waals surface area contributed by atoms with Gasteiger partial charge in [0, 0.05) is 6.42 Å². The number of hydrogen-bond donors (Lipinski definition) is 0. The SMILES string of the molecule is COC(=O)C1CCC(=O)N1C(c1ccc(C)cc1)C(F)(F)F. The number of carbonyl (C=O) groups is 2. The summed E-state index contributed by atoms with van der Waals surface area (Å²) in [5, 5.41) is 0. The minimum atomic E-state index is -4.68. The van der Waals surface area contributed by atoms with Gasteiger partial charge in [-0.1, -0.05) is 29.8 Å². The molecule has 0 radical (unpaired) electrons. The van der Waals surface area contributed by atoms with Crippen molar-refractivity contribution in [1.29, 1.82) is 0 Å². The molecule has 0 spiro atoms. The van der Waals surface area contributed by atoms with Crippen molar-refractivity contribution in [2.45, 2.75) is 38.0 Å². The van der Waals surface area contributed by atoms with E-state index in [-0.39, 0.29) is 18.4 Å². The van der Waals surface area contributed by atoms with Crippen LogP contribution in [0.1, 0.15) is 30.0 Å². The zero-order chi connectivity index (χ0) is 16.5. The van der Waals surface area contributed by atoms with Gasteiger partial charge < -0.3 is 9.64 Å². The van der Waals surface area contributed by atoms with Crippen molar-refractivity contribution in [2.75, 3.05) is 7.11 Å². The summed E-state index contributed by atoms with van der Waals surface area (Å²) in [5.41, 5.74) is 0.740. The van der Waals surface area contributed by atoms with Crippen LogP contribution in [0.2, 0.25) is 0 Å². The summed E-state index contributed by atoms with van der Waals surface area (Å²) >= 11 is 0. The third kappa shape index (κ3) is 3.08. The molecule has 2 rings (SSSR count). The number of likely N-dealkylation sites (tertiary alicyclic amines) is 1. The van der Waals surface area contributed by atoms with E-state index in [4.69, 9.17) is 0 Å². The molecule has 1 fully saturated rings. The van der Waals surface area contributed by atoms with Crippen LogP contribution >= 0.6 is 0 Å². The standard InChI is InChI=1S/C15H16F3NO3/c1-9-3-5-10(6-4-9)13(15(16,17)18)19-11(14(21)22-2)7-8-12(19)20/h3-6,11,13H,7-8H2,1-2H3. The van der Waals surface area contributed by atoms with Crippen molar-refractivity contribution in [1.82, 2.24) is 4.90 Å². The summed E-state index contributed by atoms with van der Waals surface area (Å²) in [5.74, 6) is -1.52. The minimum Gasteiger partial charge on any atom is -0.467 e. The number of amides is 1. The fourth-order valence-electron chi connectivity index (χ4n) is 2.65. The van der Waals surface area contributed by atoms with Crippen LogP contribution < -0.4 is 0 Å². The van der Waals surface area contributed by atoms with Gasteiger partial charge in [-0.2, -0.15) is 13.2 Å². The summed E-state index contributed by atoms with van der Waals surface area (Å²) in [6, 6.07) is 2.39. The average molecular weight is 315 g/mol. The van der Waals surface area contributed by atoms with Crippen LogP contribution in [0.3, 0.4) is 0 Å². The van der Waals surface area contributed by atoms with Crippen molar-refractivity contribution >= 4 is 11.9 Å². The van der Waals surface area contributed by atoms with E-state index in [1.807, 2.05) is 0 Å². The van der Waals surface area contributed by atoms with E-state index in [2.05, 4.69) is 4.74 Å². The van der Waals surface area contributed by atoms with E-state index in [1.54, 1.807) is 19.1 Å². The fourth-order valence-corrected chi connectivity index (χ4v) is 2.65. The largest absolute Gasteiger partial charge is 0.467 e. The second-order valence-corrected chi connectivity index (χ2v) is 5.23. The van der Waals surface area contributed by atoms with Crippen LogP contribution in [0.5, 0.6) is 0 Å². The van der Waals surface area contributed by atoms with Gasteiger partial charge in [-0.05, 0) is 18.9 Å². The van der Waals surface area contributed by atoms with Gasteiger partial charge in [0.2, 0.25) is 5.91 Å². The first-order valence-electron chi connectivity index (χ1n) is 6.78. The van der Waals surface area contributed by atoms with Gasteiger partial charge in [-0.15, -0.1) is 0 Å². The number of alkyl halides is 3. The molecule has 0 N–H and O–H groups in total. The van der Waals surface area contributed by atoms with E-state index in [1.165, 1.54) is 12.1 Å². The highest BCUT2D eigenvalue weighted by Crippen LogP contribution is 2.42. The summed E-state index contributed by atoms with van der Waals surface area (Å²) < 4.78 is 45.1. The van der Waals surface area contributed by atoms with E-state index in [0.717, 1.165) is 12.7 Å². The van der Waals surface area contributed by atoms with Crippen LogP contribution in [0.25, 0.3) is 0 Å². The highest BCUT2D eigenvalue weighted by atomic mass is 19.4. The molecule has 1 aromatic rings. The summed E-state index contributed by atoms with van der Waals surface area (Å²) in [6.07, 6.45) is -4.75. The monoisotopic (exact) mass is 315 g/mol. The van der Waals surface area contributed by atoms with Crippen LogP contribution in [0.15, 0.2) is 24.3 Å². The first-order chi connectivity index (χ1) is 10.3. The van der Waals surface area contributed by atoms with Crippen molar-refractivity contribution in [3.8, 4) is 0 Å². The van der Waals surface area contributed by atoms with Gasteiger partial charge in [-0.3, -0.25) is 4.79 Å². The highest BCUT2D eigenvalue weighted by molar-refractivity contribution is 5.88. The molecule has 1 saturated heterocycles. The Labute approximate surface area is 125 Å². The topological polar surface area (TPSA) is 46.6 Å². The van der Waals surface area contributed by atoms with Gasteiger partial charge in [0.05, 0.1) is 7.11 Å². The predicted molar refractivity (Wildman–Crippen MR) is 71.9 cm³/mol. The predicted octanol–water partition coefficient (Wildman–Crippen LogP) is 2.76. The number of halogens is 3. The molecule has 2 unspecified atom stereocenters. The van der Waals surface area contributed by atoms with Gasteiger partial charge >= 0.3 is 12.1 Å². The maximum absolute atomic E-state index is 13.5. The lowest BCUT2D eigenvalue weighted by Gasteiger charge is -2.33.